The third-order valence-corrected chi connectivity index (χ3v) is 4.66. The van der Waals surface area contributed by atoms with Gasteiger partial charge in [0.1, 0.15) is 0 Å². The van der Waals surface area contributed by atoms with E-state index in [9.17, 15) is 9.59 Å². The van der Waals surface area contributed by atoms with Gasteiger partial charge in [0.05, 0.1) is 10.6 Å². The van der Waals surface area contributed by atoms with Crippen molar-refractivity contribution in [2.45, 2.75) is 20.8 Å². The fraction of sp³-hybridized carbons (Fsp3) is 0.150. The smallest absolute Gasteiger partial charge is 0.264 e. The molecule has 0 unspecified atom stereocenters. The number of rotatable bonds is 3. The number of hydrogen-bond acceptors (Lipinski definition) is 4. The number of aryl methyl sites for hydroxylation is 2. The highest BCUT2D eigenvalue weighted by Gasteiger charge is 2.23. The molecular weight excluding hydrogens is 346 g/mol. The van der Waals surface area contributed by atoms with Crippen molar-refractivity contribution in [2.24, 2.45) is 4.99 Å². The third-order valence-electron chi connectivity index (χ3n) is 3.75. The Hall–Kier alpha value is -2.86. The van der Waals surface area contributed by atoms with E-state index < -0.39 is 0 Å². The predicted octanol–water partition coefficient (Wildman–Crippen LogP) is 4.15. The summed E-state index contributed by atoms with van der Waals surface area (Å²) in [4.78, 5) is 28.4. The van der Waals surface area contributed by atoms with Gasteiger partial charge in [0.15, 0.2) is 5.17 Å². The maximum absolute atomic E-state index is 12.2. The number of anilines is 1. The Balaban J connectivity index is 1.77. The number of hydrogen-bond donors (Lipinski definition) is 2. The lowest BCUT2D eigenvalue weighted by Crippen LogP contribution is -2.19. The highest BCUT2D eigenvalue weighted by Crippen LogP contribution is 2.29. The summed E-state index contributed by atoms with van der Waals surface area (Å²) < 4.78 is 0. The van der Waals surface area contributed by atoms with Crippen molar-refractivity contribution in [3.8, 4) is 0 Å². The van der Waals surface area contributed by atoms with E-state index in [0.29, 0.717) is 10.1 Å². The molecule has 1 aliphatic heterocycles. The molecule has 0 bridgehead atoms. The summed E-state index contributed by atoms with van der Waals surface area (Å²) in [7, 11) is 0. The molecule has 0 saturated carbocycles. The molecule has 0 aliphatic carbocycles. The van der Waals surface area contributed by atoms with Crippen molar-refractivity contribution >= 4 is 46.2 Å². The van der Waals surface area contributed by atoms with Gasteiger partial charge in [0, 0.05) is 12.6 Å². The van der Waals surface area contributed by atoms with E-state index in [0.717, 1.165) is 22.5 Å². The number of nitrogens with zero attached hydrogens (tertiary/aromatic N) is 1. The topological polar surface area (TPSA) is 70.6 Å². The van der Waals surface area contributed by atoms with Gasteiger partial charge in [-0.2, -0.15) is 0 Å². The van der Waals surface area contributed by atoms with Gasteiger partial charge in [0.2, 0.25) is 5.91 Å². The molecule has 2 aromatic carbocycles. The zero-order valence-electron chi connectivity index (χ0n) is 14.8. The summed E-state index contributed by atoms with van der Waals surface area (Å²) in [5.41, 5.74) is 4.69. The van der Waals surface area contributed by atoms with Gasteiger partial charge >= 0.3 is 0 Å². The number of carbonyl (C=O) groups is 2. The number of amidine groups is 1. The molecule has 132 valence electrons. The van der Waals surface area contributed by atoms with Crippen LogP contribution in [0.1, 0.15) is 23.6 Å². The van der Waals surface area contributed by atoms with E-state index in [1.54, 1.807) is 12.1 Å². The van der Waals surface area contributed by atoms with E-state index in [1.807, 2.05) is 44.2 Å². The van der Waals surface area contributed by atoms with E-state index in [4.69, 9.17) is 0 Å². The maximum Gasteiger partial charge on any atom is 0.264 e. The van der Waals surface area contributed by atoms with Gasteiger partial charge in [-0.15, -0.1) is 0 Å². The van der Waals surface area contributed by atoms with Crippen LogP contribution >= 0.6 is 11.8 Å². The molecule has 2 aromatic rings. The standard InChI is InChI=1S/C20H19N3O2S/c1-12-4-9-17(13(2)10-12)22-20-23-19(25)18(26-20)11-15-5-7-16(8-6-15)21-14(3)24/h4-11H,1-3H3,(H,21,24)(H,22,23,25)/b18-11-. The first-order valence-corrected chi connectivity index (χ1v) is 8.97. The van der Waals surface area contributed by atoms with Crippen LogP contribution in [-0.4, -0.2) is 17.0 Å². The van der Waals surface area contributed by atoms with Crippen molar-refractivity contribution in [2.75, 3.05) is 5.32 Å². The fourth-order valence-corrected chi connectivity index (χ4v) is 3.37. The molecule has 6 heteroatoms. The number of amides is 2. The van der Waals surface area contributed by atoms with Crippen molar-refractivity contribution in [3.05, 3.63) is 64.1 Å². The Bertz CT molecular complexity index is 931. The first kappa shape index (κ1) is 17.9. The van der Waals surface area contributed by atoms with Crippen LogP contribution in [0.2, 0.25) is 0 Å². The summed E-state index contributed by atoms with van der Waals surface area (Å²) in [6.45, 7) is 5.50. The van der Waals surface area contributed by atoms with Gasteiger partial charge in [-0.05, 0) is 61.0 Å². The van der Waals surface area contributed by atoms with Crippen molar-refractivity contribution < 1.29 is 9.59 Å². The van der Waals surface area contributed by atoms with E-state index in [1.165, 1.54) is 24.2 Å². The number of nitrogens with one attached hydrogen (secondary N) is 2. The molecular formula is C20H19N3O2S. The number of carbonyl (C=O) groups excluding carboxylic acids is 2. The first-order chi connectivity index (χ1) is 12.4. The fourth-order valence-electron chi connectivity index (χ4n) is 2.54. The number of aliphatic imine (C=N–C) groups is 1. The minimum absolute atomic E-state index is 0.117. The summed E-state index contributed by atoms with van der Waals surface area (Å²) >= 11 is 1.32. The van der Waals surface area contributed by atoms with Crippen LogP contribution in [0.4, 0.5) is 11.4 Å². The zero-order chi connectivity index (χ0) is 18.7. The monoisotopic (exact) mass is 365 g/mol. The second-order valence-corrected chi connectivity index (χ2v) is 7.11. The Labute approximate surface area is 156 Å². The summed E-state index contributed by atoms with van der Waals surface area (Å²) in [5, 5.41) is 6.09. The number of thioether (sulfide) groups is 1. The van der Waals surface area contributed by atoms with Gasteiger partial charge in [0.25, 0.3) is 5.91 Å². The second kappa shape index (κ2) is 7.58. The third kappa shape index (κ3) is 4.40. The average molecular weight is 365 g/mol. The minimum atomic E-state index is -0.163. The Morgan fingerprint density at radius 3 is 2.54 bits per heavy atom. The minimum Gasteiger partial charge on any atom is -0.326 e. The Morgan fingerprint density at radius 2 is 1.88 bits per heavy atom. The molecule has 1 aliphatic rings. The van der Waals surface area contributed by atoms with Gasteiger partial charge in [-0.3, -0.25) is 9.59 Å². The molecule has 5 nitrogen and oxygen atoms in total. The quantitative estimate of drug-likeness (QED) is 0.803. The van der Waals surface area contributed by atoms with Crippen LogP contribution in [0, 0.1) is 13.8 Å². The maximum atomic E-state index is 12.2. The van der Waals surface area contributed by atoms with E-state index in [2.05, 4.69) is 21.7 Å². The summed E-state index contributed by atoms with van der Waals surface area (Å²) in [6, 6.07) is 13.3. The van der Waals surface area contributed by atoms with Crippen LogP contribution in [0.25, 0.3) is 6.08 Å². The van der Waals surface area contributed by atoms with E-state index in [-0.39, 0.29) is 11.8 Å². The van der Waals surface area contributed by atoms with Crippen LogP contribution in [0.3, 0.4) is 0 Å². The highest BCUT2D eigenvalue weighted by molar-refractivity contribution is 8.18. The SMILES string of the molecule is CC(=O)Nc1ccc(/C=C2\SC(=Nc3ccc(C)cc3C)NC2=O)cc1. The predicted molar refractivity (Wildman–Crippen MR) is 107 cm³/mol. The lowest BCUT2D eigenvalue weighted by molar-refractivity contribution is -0.115. The van der Waals surface area contributed by atoms with E-state index >= 15 is 0 Å². The molecule has 2 amide bonds. The Morgan fingerprint density at radius 1 is 1.15 bits per heavy atom. The summed E-state index contributed by atoms with van der Waals surface area (Å²) in [5.74, 6) is -0.279. The van der Waals surface area contributed by atoms with Crippen LogP contribution in [0.5, 0.6) is 0 Å². The summed E-state index contributed by atoms with van der Waals surface area (Å²) in [6.07, 6.45) is 1.81. The molecule has 0 aromatic heterocycles. The van der Waals surface area contributed by atoms with Crippen molar-refractivity contribution in [3.63, 3.8) is 0 Å². The van der Waals surface area contributed by atoms with Gasteiger partial charge in [-0.25, -0.2) is 4.99 Å². The highest BCUT2D eigenvalue weighted by atomic mass is 32.2. The first-order valence-electron chi connectivity index (χ1n) is 8.15. The Kier molecular flexibility index (Phi) is 5.23. The van der Waals surface area contributed by atoms with Crippen molar-refractivity contribution in [1.82, 2.24) is 5.32 Å². The van der Waals surface area contributed by atoms with Crippen LogP contribution in [0.15, 0.2) is 52.4 Å². The van der Waals surface area contributed by atoms with Crippen LogP contribution in [-0.2, 0) is 9.59 Å². The largest absolute Gasteiger partial charge is 0.326 e. The number of benzene rings is 2. The lowest BCUT2D eigenvalue weighted by Gasteiger charge is -2.02. The zero-order valence-corrected chi connectivity index (χ0v) is 15.6. The molecule has 1 saturated heterocycles. The second-order valence-electron chi connectivity index (χ2n) is 6.07. The normalized spacial score (nSPS) is 16.8. The molecule has 0 radical (unpaired) electrons. The van der Waals surface area contributed by atoms with Crippen LogP contribution < -0.4 is 10.6 Å². The lowest BCUT2D eigenvalue weighted by atomic mass is 10.1. The van der Waals surface area contributed by atoms with Crippen molar-refractivity contribution in [1.29, 1.82) is 0 Å². The molecule has 2 N–H and O–H groups in total. The molecule has 0 atom stereocenters. The van der Waals surface area contributed by atoms with Gasteiger partial charge < -0.3 is 10.6 Å². The van der Waals surface area contributed by atoms with Gasteiger partial charge in [-0.1, -0.05) is 29.8 Å². The molecule has 26 heavy (non-hydrogen) atoms. The molecule has 1 fully saturated rings. The molecule has 0 spiro atoms. The molecule has 3 rings (SSSR count). The molecule has 1 heterocycles. The average Bonchev–Trinajstić information content (AvgIpc) is 2.91.